The fourth-order valence-corrected chi connectivity index (χ4v) is 8.38. The van der Waals surface area contributed by atoms with Crippen molar-refractivity contribution in [2.45, 2.75) is 114 Å². The highest BCUT2D eigenvalue weighted by Crippen LogP contribution is 2.46. The van der Waals surface area contributed by atoms with Gasteiger partial charge in [-0.25, -0.2) is 9.79 Å². The van der Waals surface area contributed by atoms with Crippen molar-refractivity contribution in [3.8, 4) is 0 Å². The van der Waals surface area contributed by atoms with Crippen molar-refractivity contribution in [3.63, 3.8) is 0 Å². The molecule has 4 aliphatic rings. The standard InChI is InChI=1S/C33H47N5O5/c1-37(26-18-24-9-6-10-25(19-26)38(24)27-16-22-7-2-3-8-23(15-22)17-27)31-12-5-4-11-29(31)35-30(20-39)28(13-14-32(34)40)36-43-21-33(41)42/h4-5,11-12,20,22-27H,2-3,6-10,13-19,21H2,1H3,(H2,34,40)(H,41,42)/b35-30?,36-28+. The van der Waals surface area contributed by atoms with Gasteiger partial charge in [0.1, 0.15) is 11.4 Å². The van der Waals surface area contributed by atoms with Gasteiger partial charge >= 0.3 is 5.97 Å². The monoisotopic (exact) mass is 593 g/mol. The number of rotatable bonds is 12. The second-order valence-electron chi connectivity index (χ2n) is 13.1. The van der Waals surface area contributed by atoms with E-state index in [9.17, 15) is 14.4 Å². The highest BCUT2D eigenvalue weighted by Gasteiger charge is 2.45. The number of carbonyl (C=O) groups is 3. The third-order valence-electron chi connectivity index (χ3n) is 10.2. The molecule has 1 aromatic rings. The average Bonchev–Trinajstić information content (AvgIpc) is 3.15. The Hall–Kier alpha value is -3.27. The summed E-state index contributed by atoms with van der Waals surface area (Å²) in [5, 5.41) is 12.8. The van der Waals surface area contributed by atoms with Crippen LogP contribution in [0.4, 0.5) is 11.4 Å². The first kappa shape index (κ1) is 31.2. The summed E-state index contributed by atoms with van der Waals surface area (Å²) >= 11 is 0. The van der Waals surface area contributed by atoms with Crippen molar-refractivity contribution < 1.29 is 24.3 Å². The summed E-state index contributed by atoms with van der Waals surface area (Å²) in [6, 6.07) is 10.0. The minimum absolute atomic E-state index is 0.00916. The summed E-state index contributed by atoms with van der Waals surface area (Å²) in [6.07, 6.45) is 16.4. The minimum atomic E-state index is -1.20. The Morgan fingerprint density at radius 2 is 1.65 bits per heavy atom. The molecular weight excluding hydrogens is 546 g/mol. The first-order chi connectivity index (χ1) is 20.8. The van der Waals surface area contributed by atoms with Crippen LogP contribution in [0.3, 0.4) is 0 Å². The molecule has 2 aliphatic carbocycles. The molecule has 234 valence electrons. The molecule has 0 aromatic heterocycles. The number of carboxylic acid groups (broad SMARTS) is 1. The minimum Gasteiger partial charge on any atom is -0.479 e. The van der Waals surface area contributed by atoms with E-state index in [1.165, 1.54) is 64.2 Å². The third-order valence-corrected chi connectivity index (χ3v) is 10.2. The number of hydrogen-bond donors (Lipinski definition) is 2. The number of amides is 1. The number of nitrogens with zero attached hydrogens (tertiary/aromatic N) is 4. The zero-order chi connectivity index (χ0) is 30.3. The summed E-state index contributed by atoms with van der Waals surface area (Å²) in [4.78, 5) is 49.4. The van der Waals surface area contributed by atoms with Crippen molar-refractivity contribution in [2.75, 3.05) is 18.6 Å². The van der Waals surface area contributed by atoms with Crippen LogP contribution < -0.4 is 10.6 Å². The van der Waals surface area contributed by atoms with Gasteiger partial charge in [0.2, 0.25) is 12.5 Å². The number of nitrogens with two attached hydrogens (primary N) is 1. The van der Waals surface area contributed by atoms with Crippen molar-refractivity contribution >= 4 is 41.0 Å². The van der Waals surface area contributed by atoms with E-state index in [2.05, 4.69) is 27.0 Å². The van der Waals surface area contributed by atoms with Gasteiger partial charge in [0.25, 0.3) is 0 Å². The Labute approximate surface area is 254 Å². The third kappa shape index (κ3) is 7.82. The molecule has 10 heteroatoms. The van der Waals surface area contributed by atoms with Gasteiger partial charge in [-0.05, 0) is 68.9 Å². The zero-order valence-electron chi connectivity index (χ0n) is 25.4. The maximum atomic E-state index is 12.2. The second kappa shape index (κ2) is 14.5. The quantitative estimate of drug-likeness (QED) is 0.201. The normalized spacial score (nSPS) is 29.8. The smallest absolute Gasteiger partial charge is 0.344 e. The van der Waals surface area contributed by atoms with E-state index in [0.29, 0.717) is 30.1 Å². The fraction of sp³-hybridized carbons (Fsp3) is 0.667. The molecule has 2 saturated heterocycles. The lowest BCUT2D eigenvalue weighted by atomic mass is 9.73. The molecule has 2 aliphatic heterocycles. The fourth-order valence-electron chi connectivity index (χ4n) is 8.38. The van der Waals surface area contributed by atoms with E-state index in [1.807, 2.05) is 24.3 Å². The second-order valence-corrected chi connectivity index (χ2v) is 13.1. The van der Waals surface area contributed by atoms with Gasteiger partial charge in [0, 0.05) is 44.1 Å². The number of primary amides is 1. The number of carboxylic acids is 1. The maximum absolute atomic E-state index is 12.2. The van der Waals surface area contributed by atoms with Crippen LogP contribution in [0.5, 0.6) is 0 Å². The lowest BCUT2D eigenvalue weighted by Crippen LogP contribution is -2.60. The number of oxime groups is 1. The molecule has 0 spiro atoms. The van der Waals surface area contributed by atoms with Gasteiger partial charge in [-0.2, -0.15) is 0 Å². The van der Waals surface area contributed by atoms with Crippen LogP contribution >= 0.6 is 0 Å². The molecule has 0 radical (unpaired) electrons. The van der Waals surface area contributed by atoms with Crippen LogP contribution in [0, 0.1) is 11.8 Å². The lowest BCUT2D eigenvalue weighted by Gasteiger charge is -2.55. The predicted octanol–water partition coefficient (Wildman–Crippen LogP) is 4.86. The number of hydrogen-bond acceptors (Lipinski definition) is 8. The van der Waals surface area contributed by atoms with E-state index >= 15 is 0 Å². The van der Waals surface area contributed by atoms with E-state index in [1.54, 1.807) is 0 Å². The molecule has 3 N–H and O–H groups in total. The Bertz CT molecular complexity index is 1190. The van der Waals surface area contributed by atoms with Gasteiger partial charge in [0.05, 0.1) is 11.4 Å². The van der Waals surface area contributed by atoms with Gasteiger partial charge in [-0.1, -0.05) is 49.4 Å². The molecule has 4 fully saturated rings. The van der Waals surface area contributed by atoms with Crippen molar-refractivity contribution in [2.24, 2.45) is 27.7 Å². The van der Waals surface area contributed by atoms with E-state index < -0.39 is 18.5 Å². The largest absolute Gasteiger partial charge is 0.479 e. The molecule has 10 nitrogen and oxygen atoms in total. The van der Waals surface area contributed by atoms with Crippen LogP contribution in [-0.2, 0) is 19.2 Å². The van der Waals surface area contributed by atoms with Crippen molar-refractivity contribution in [1.82, 2.24) is 4.90 Å². The van der Waals surface area contributed by atoms with Crippen LogP contribution in [0.2, 0.25) is 0 Å². The number of benzene rings is 1. The van der Waals surface area contributed by atoms with Gasteiger partial charge in [-0.3, -0.25) is 14.5 Å². The first-order valence-corrected chi connectivity index (χ1v) is 16.1. The van der Waals surface area contributed by atoms with Gasteiger partial charge in [-0.15, -0.1) is 0 Å². The number of piperidine rings is 2. The molecular formula is C33H47N5O5. The molecule has 4 bridgehead atoms. The number of aliphatic imine (C=N–C) groups is 1. The van der Waals surface area contributed by atoms with Gasteiger partial charge < -0.3 is 20.6 Å². The number of anilines is 1. The number of carbonyl (C=O) groups excluding carboxylic acids is 2. The molecule has 43 heavy (non-hydrogen) atoms. The highest BCUT2D eigenvalue weighted by atomic mass is 16.6. The number of aliphatic carboxylic acids is 1. The zero-order valence-corrected chi connectivity index (χ0v) is 25.4. The SMILES string of the molecule is CN(c1ccccc1N=C(C=O)/C(CCC(N)=O)=N/OCC(=O)O)C1CC2CCCC(C1)N2C1CC2CCCCC(C2)C1. The molecule has 2 saturated carbocycles. The Balaban J connectivity index is 1.34. The topological polar surface area (TPSA) is 138 Å². The van der Waals surface area contributed by atoms with Gasteiger partial charge in [0.15, 0.2) is 6.29 Å². The maximum Gasteiger partial charge on any atom is 0.344 e. The Morgan fingerprint density at radius 1 is 0.977 bits per heavy atom. The van der Waals surface area contributed by atoms with E-state index in [4.69, 9.17) is 15.7 Å². The Kier molecular flexibility index (Phi) is 10.5. The van der Waals surface area contributed by atoms with Crippen LogP contribution in [-0.4, -0.2) is 77.4 Å². The Morgan fingerprint density at radius 3 is 2.28 bits per heavy atom. The average molecular weight is 594 g/mol. The summed E-state index contributed by atoms with van der Waals surface area (Å²) in [5.41, 5.74) is 6.92. The number of aldehydes is 1. The lowest BCUT2D eigenvalue weighted by molar-refractivity contribution is -0.142. The molecule has 1 amide bonds. The number of para-hydroxylation sites is 2. The van der Waals surface area contributed by atoms with Crippen LogP contribution in [0.15, 0.2) is 34.4 Å². The molecule has 5 rings (SSSR count). The summed E-state index contributed by atoms with van der Waals surface area (Å²) < 4.78 is 0. The summed E-state index contributed by atoms with van der Waals surface area (Å²) in [7, 11) is 2.12. The first-order valence-electron chi connectivity index (χ1n) is 16.1. The van der Waals surface area contributed by atoms with Crippen molar-refractivity contribution in [1.29, 1.82) is 0 Å². The highest BCUT2D eigenvalue weighted by molar-refractivity contribution is 6.62. The van der Waals surface area contributed by atoms with E-state index in [0.717, 1.165) is 36.4 Å². The van der Waals surface area contributed by atoms with Crippen molar-refractivity contribution in [3.05, 3.63) is 24.3 Å². The summed E-state index contributed by atoms with van der Waals surface area (Å²) in [6.45, 7) is -0.672. The number of fused-ring (bicyclic) bond motifs is 4. The summed E-state index contributed by atoms with van der Waals surface area (Å²) in [5.74, 6) is 0.0533. The molecule has 4 unspecified atom stereocenters. The van der Waals surface area contributed by atoms with Crippen LogP contribution in [0.25, 0.3) is 0 Å². The molecule has 2 heterocycles. The van der Waals surface area contributed by atoms with E-state index in [-0.39, 0.29) is 24.3 Å². The molecule has 4 atom stereocenters. The van der Waals surface area contributed by atoms with Crippen LogP contribution in [0.1, 0.15) is 89.9 Å². The predicted molar refractivity (Wildman–Crippen MR) is 167 cm³/mol. The molecule has 1 aromatic carbocycles.